The van der Waals surface area contributed by atoms with Crippen molar-refractivity contribution < 1.29 is 14.6 Å². The number of carboxylic acids is 1. The van der Waals surface area contributed by atoms with Crippen LogP contribution in [0.3, 0.4) is 0 Å². The molecule has 0 aliphatic carbocycles. The van der Waals surface area contributed by atoms with Gasteiger partial charge in [-0.2, -0.15) is 0 Å². The van der Waals surface area contributed by atoms with Gasteiger partial charge in [-0.15, -0.1) is 0 Å². The summed E-state index contributed by atoms with van der Waals surface area (Å²) in [7, 11) is 0. The molecule has 0 spiro atoms. The van der Waals surface area contributed by atoms with E-state index in [1.54, 1.807) is 0 Å². The zero-order valence-corrected chi connectivity index (χ0v) is 11.1. The maximum atomic E-state index is 11.0. The third-order valence-corrected chi connectivity index (χ3v) is 2.75. The first-order valence-corrected chi connectivity index (χ1v) is 5.93. The van der Waals surface area contributed by atoms with Crippen LogP contribution in [0.1, 0.15) is 32.8 Å². The first kappa shape index (κ1) is 14.7. The number of rotatable bonds is 6. The molecule has 0 aliphatic heterocycles. The van der Waals surface area contributed by atoms with Crippen molar-refractivity contribution in [3.63, 3.8) is 0 Å². The van der Waals surface area contributed by atoms with E-state index in [4.69, 9.17) is 15.6 Å². The lowest BCUT2D eigenvalue weighted by molar-refractivity contribution is -0.146. The molecule has 0 aromatic heterocycles. The van der Waals surface area contributed by atoms with Crippen LogP contribution in [0.5, 0.6) is 0 Å². The number of nitrogens with two attached hydrogens (primary N) is 1. The van der Waals surface area contributed by atoms with Gasteiger partial charge in [0.2, 0.25) is 0 Å². The average Bonchev–Trinajstić information content (AvgIpc) is 2.26. The third kappa shape index (κ3) is 4.47. The Morgan fingerprint density at radius 1 is 1.28 bits per heavy atom. The Morgan fingerprint density at radius 3 is 2.33 bits per heavy atom. The highest BCUT2D eigenvalue weighted by Crippen LogP contribution is 2.23. The lowest BCUT2D eigenvalue weighted by Gasteiger charge is -2.32. The highest BCUT2D eigenvalue weighted by Gasteiger charge is 2.35. The van der Waals surface area contributed by atoms with Crippen molar-refractivity contribution in [3.05, 3.63) is 35.9 Å². The molecular formula is C14H21NO3. The van der Waals surface area contributed by atoms with E-state index in [1.807, 2.05) is 44.2 Å². The summed E-state index contributed by atoms with van der Waals surface area (Å²) in [6, 6.07) is 9.76. The predicted molar refractivity (Wildman–Crippen MR) is 70.2 cm³/mol. The van der Waals surface area contributed by atoms with Gasteiger partial charge in [-0.05, 0) is 26.3 Å². The number of carboxylic acid groups (broad SMARTS) is 1. The molecule has 0 saturated carbocycles. The number of hydrogen-bond donors (Lipinski definition) is 2. The zero-order valence-electron chi connectivity index (χ0n) is 11.1. The Hall–Kier alpha value is -1.39. The second-order valence-electron chi connectivity index (χ2n) is 5.43. The Labute approximate surface area is 108 Å². The van der Waals surface area contributed by atoms with E-state index in [2.05, 4.69) is 0 Å². The fourth-order valence-corrected chi connectivity index (χ4v) is 1.86. The van der Waals surface area contributed by atoms with Crippen LogP contribution in [-0.4, -0.2) is 22.2 Å². The normalized spacial score (nSPS) is 15.1. The zero-order chi connectivity index (χ0) is 13.8. The molecule has 0 radical (unpaired) electrons. The number of benzene rings is 1. The molecule has 100 valence electrons. The van der Waals surface area contributed by atoms with E-state index in [9.17, 15) is 4.79 Å². The molecule has 0 amide bonds. The van der Waals surface area contributed by atoms with Gasteiger partial charge in [-0.1, -0.05) is 30.3 Å². The second kappa shape index (κ2) is 5.50. The summed E-state index contributed by atoms with van der Waals surface area (Å²) >= 11 is 0. The summed E-state index contributed by atoms with van der Waals surface area (Å²) in [6.07, 6.45) is 0.252. The van der Waals surface area contributed by atoms with Gasteiger partial charge in [-0.3, -0.25) is 4.79 Å². The molecule has 0 saturated heterocycles. The standard InChI is InChI=1S/C14H21NO3/c1-13(2,10-14(3,15)12(16)17)18-9-11-7-5-4-6-8-11/h4-8H,9-10,15H2,1-3H3,(H,16,17)/t14-/m0/s1. The molecule has 0 heterocycles. The van der Waals surface area contributed by atoms with Crippen molar-refractivity contribution >= 4 is 5.97 Å². The molecule has 1 aromatic carbocycles. The summed E-state index contributed by atoms with van der Waals surface area (Å²) < 4.78 is 5.76. The largest absolute Gasteiger partial charge is 0.480 e. The summed E-state index contributed by atoms with van der Waals surface area (Å²) in [4.78, 5) is 11.0. The summed E-state index contributed by atoms with van der Waals surface area (Å²) in [6.45, 7) is 5.65. The molecule has 3 N–H and O–H groups in total. The molecule has 1 atom stereocenters. The number of carbonyl (C=O) groups is 1. The Balaban J connectivity index is 2.57. The number of hydrogen-bond acceptors (Lipinski definition) is 3. The van der Waals surface area contributed by atoms with Gasteiger partial charge in [0.1, 0.15) is 5.54 Å². The van der Waals surface area contributed by atoms with Crippen LogP contribution >= 0.6 is 0 Å². The molecule has 4 heteroatoms. The summed E-state index contributed by atoms with van der Waals surface area (Å²) in [5, 5.41) is 9.01. The molecule has 0 unspecified atom stereocenters. The van der Waals surface area contributed by atoms with Crippen LogP contribution in [0.15, 0.2) is 30.3 Å². The van der Waals surface area contributed by atoms with Crippen LogP contribution in [0, 0.1) is 0 Å². The fraction of sp³-hybridized carbons (Fsp3) is 0.500. The minimum atomic E-state index is -1.28. The smallest absolute Gasteiger partial charge is 0.323 e. The molecule has 0 bridgehead atoms. The van der Waals surface area contributed by atoms with Gasteiger partial charge < -0.3 is 15.6 Å². The summed E-state index contributed by atoms with van der Waals surface area (Å²) in [5.41, 5.74) is 4.93. The SMILES string of the molecule is CC(C)(C[C@](C)(N)C(=O)O)OCc1ccccc1. The Bertz CT molecular complexity index is 399. The molecule has 1 rings (SSSR count). The van der Waals surface area contributed by atoms with Crippen molar-refractivity contribution in [2.75, 3.05) is 0 Å². The monoisotopic (exact) mass is 251 g/mol. The highest BCUT2D eigenvalue weighted by atomic mass is 16.5. The van der Waals surface area contributed by atoms with E-state index in [0.717, 1.165) is 5.56 Å². The van der Waals surface area contributed by atoms with E-state index >= 15 is 0 Å². The topological polar surface area (TPSA) is 72.6 Å². The van der Waals surface area contributed by atoms with Crippen LogP contribution in [0.4, 0.5) is 0 Å². The minimum Gasteiger partial charge on any atom is -0.480 e. The van der Waals surface area contributed by atoms with Crippen molar-refractivity contribution in [2.45, 2.75) is 44.9 Å². The van der Waals surface area contributed by atoms with Crippen molar-refractivity contribution in [2.24, 2.45) is 5.73 Å². The van der Waals surface area contributed by atoms with E-state index in [-0.39, 0.29) is 6.42 Å². The lowest BCUT2D eigenvalue weighted by Crippen LogP contribution is -2.50. The van der Waals surface area contributed by atoms with Gasteiger partial charge in [0.05, 0.1) is 12.2 Å². The van der Waals surface area contributed by atoms with Gasteiger partial charge in [-0.25, -0.2) is 0 Å². The molecule has 1 aromatic rings. The van der Waals surface area contributed by atoms with Crippen LogP contribution in [-0.2, 0) is 16.1 Å². The van der Waals surface area contributed by atoms with Gasteiger partial charge in [0.15, 0.2) is 0 Å². The first-order chi connectivity index (χ1) is 8.23. The third-order valence-electron chi connectivity index (χ3n) is 2.75. The average molecular weight is 251 g/mol. The molecule has 0 aliphatic rings. The van der Waals surface area contributed by atoms with E-state index < -0.39 is 17.1 Å². The number of ether oxygens (including phenoxy) is 1. The van der Waals surface area contributed by atoms with E-state index in [0.29, 0.717) is 6.61 Å². The maximum absolute atomic E-state index is 11.0. The van der Waals surface area contributed by atoms with Crippen LogP contribution in [0.2, 0.25) is 0 Å². The van der Waals surface area contributed by atoms with Gasteiger partial charge in [0, 0.05) is 6.42 Å². The minimum absolute atomic E-state index is 0.252. The molecule has 4 nitrogen and oxygen atoms in total. The van der Waals surface area contributed by atoms with Crippen molar-refractivity contribution in [1.82, 2.24) is 0 Å². The lowest BCUT2D eigenvalue weighted by atomic mass is 9.88. The van der Waals surface area contributed by atoms with Crippen LogP contribution < -0.4 is 5.73 Å². The predicted octanol–water partition coefficient (Wildman–Crippen LogP) is 2.17. The second-order valence-corrected chi connectivity index (χ2v) is 5.43. The fourth-order valence-electron chi connectivity index (χ4n) is 1.86. The maximum Gasteiger partial charge on any atom is 0.323 e. The van der Waals surface area contributed by atoms with Crippen molar-refractivity contribution in [1.29, 1.82) is 0 Å². The van der Waals surface area contributed by atoms with Crippen LogP contribution in [0.25, 0.3) is 0 Å². The van der Waals surface area contributed by atoms with E-state index in [1.165, 1.54) is 6.92 Å². The quantitative estimate of drug-likeness (QED) is 0.812. The molecule has 18 heavy (non-hydrogen) atoms. The number of aliphatic carboxylic acids is 1. The molecular weight excluding hydrogens is 230 g/mol. The van der Waals surface area contributed by atoms with Gasteiger partial charge in [0.25, 0.3) is 0 Å². The Morgan fingerprint density at radius 2 is 1.83 bits per heavy atom. The highest BCUT2D eigenvalue weighted by molar-refractivity contribution is 5.77. The Kier molecular flexibility index (Phi) is 4.48. The van der Waals surface area contributed by atoms with Crippen molar-refractivity contribution in [3.8, 4) is 0 Å². The first-order valence-electron chi connectivity index (χ1n) is 5.93. The van der Waals surface area contributed by atoms with Gasteiger partial charge >= 0.3 is 5.97 Å². The summed E-state index contributed by atoms with van der Waals surface area (Å²) in [5.74, 6) is -1.01. The molecule has 0 fully saturated rings.